The zero-order chi connectivity index (χ0) is 9.56. The summed E-state index contributed by atoms with van der Waals surface area (Å²) >= 11 is 0. The van der Waals surface area contributed by atoms with Crippen LogP contribution in [0, 0.1) is 0 Å². The Morgan fingerprint density at radius 3 is 2.50 bits per heavy atom. The van der Waals surface area contributed by atoms with E-state index >= 15 is 0 Å². The molecular weight excluding hydrogens is 150 g/mol. The minimum atomic E-state index is 0.321. The largest absolute Gasteiger partial charge is 0.382 e. The van der Waals surface area contributed by atoms with E-state index in [0.717, 1.165) is 12.8 Å². The van der Waals surface area contributed by atoms with Gasteiger partial charge in [0.25, 0.3) is 0 Å². The van der Waals surface area contributed by atoms with Crippen molar-refractivity contribution in [1.82, 2.24) is 5.32 Å². The van der Waals surface area contributed by atoms with Crippen molar-refractivity contribution < 1.29 is 4.74 Å². The Morgan fingerprint density at radius 2 is 2.17 bits per heavy atom. The minimum absolute atomic E-state index is 0.321. The molecule has 0 spiro atoms. The molecule has 0 fully saturated rings. The quantitative estimate of drug-likeness (QED) is 0.617. The molecule has 12 heavy (non-hydrogen) atoms. The summed E-state index contributed by atoms with van der Waals surface area (Å²) in [7, 11) is 3.73. The fourth-order valence-corrected chi connectivity index (χ4v) is 1.22. The van der Waals surface area contributed by atoms with Crippen molar-refractivity contribution in [2.24, 2.45) is 0 Å². The lowest BCUT2D eigenvalue weighted by atomic mass is 10.0. The first kappa shape index (κ1) is 11.7. The average Bonchev–Trinajstić information content (AvgIpc) is 2.02. The Labute approximate surface area is 76.0 Å². The van der Waals surface area contributed by atoms with Gasteiger partial charge in [0.2, 0.25) is 0 Å². The summed E-state index contributed by atoms with van der Waals surface area (Å²) in [6, 6.07) is 0.498. The van der Waals surface area contributed by atoms with Gasteiger partial charge in [0, 0.05) is 13.2 Å². The third-order valence-corrected chi connectivity index (χ3v) is 2.02. The fraction of sp³-hybridized carbons (Fsp3) is 0.800. The van der Waals surface area contributed by atoms with E-state index in [1.54, 1.807) is 7.11 Å². The summed E-state index contributed by atoms with van der Waals surface area (Å²) in [6.07, 6.45) is 2.39. The Kier molecular flexibility index (Phi) is 6.03. The molecule has 1 N–H and O–H groups in total. The van der Waals surface area contributed by atoms with Gasteiger partial charge in [-0.2, -0.15) is 0 Å². The third kappa shape index (κ3) is 5.33. The molecule has 0 radical (unpaired) electrons. The highest BCUT2D eigenvalue weighted by atomic mass is 16.5. The van der Waals surface area contributed by atoms with Crippen LogP contribution < -0.4 is 5.32 Å². The predicted molar refractivity (Wildman–Crippen MR) is 53.4 cm³/mol. The molecule has 0 heterocycles. The van der Waals surface area contributed by atoms with Crippen LogP contribution in [0.4, 0.5) is 0 Å². The molecule has 2 nitrogen and oxygen atoms in total. The second-order valence-electron chi connectivity index (χ2n) is 3.43. The molecule has 0 aliphatic carbocycles. The van der Waals surface area contributed by atoms with Gasteiger partial charge in [0.05, 0.1) is 6.10 Å². The maximum Gasteiger partial charge on any atom is 0.0558 e. The lowest BCUT2D eigenvalue weighted by Gasteiger charge is -2.19. The van der Waals surface area contributed by atoms with E-state index in [4.69, 9.17) is 4.74 Å². The molecule has 72 valence electrons. The standard InChI is InChI=1S/C10H21NO/c1-8(2)6-10(11-4)7-9(3)12-5/h9-11H,1,6-7H2,2-5H3. The highest BCUT2D eigenvalue weighted by molar-refractivity contribution is 4.92. The Bertz CT molecular complexity index is 134. The molecule has 0 aromatic heterocycles. The summed E-state index contributed by atoms with van der Waals surface area (Å²) < 4.78 is 5.19. The number of hydrogen-bond acceptors (Lipinski definition) is 2. The third-order valence-electron chi connectivity index (χ3n) is 2.02. The normalized spacial score (nSPS) is 15.7. The molecular formula is C10H21NO. The molecule has 0 rings (SSSR count). The van der Waals surface area contributed by atoms with Gasteiger partial charge in [0.15, 0.2) is 0 Å². The second-order valence-corrected chi connectivity index (χ2v) is 3.43. The van der Waals surface area contributed by atoms with Crippen LogP contribution >= 0.6 is 0 Å². The molecule has 0 saturated carbocycles. The Hall–Kier alpha value is -0.340. The maximum atomic E-state index is 5.19. The van der Waals surface area contributed by atoms with Crippen LogP contribution in [0.5, 0.6) is 0 Å². The van der Waals surface area contributed by atoms with E-state index in [2.05, 4.69) is 25.7 Å². The van der Waals surface area contributed by atoms with Crippen LogP contribution in [-0.4, -0.2) is 26.3 Å². The molecule has 2 unspecified atom stereocenters. The Morgan fingerprint density at radius 1 is 1.58 bits per heavy atom. The van der Waals surface area contributed by atoms with Gasteiger partial charge in [-0.1, -0.05) is 5.57 Å². The van der Waals surface area contributed by atoms with Gasteiger partial charge in [-0.3, -0.25) is 0 Å². The van der Waals surface area contributed by atoms with Crippen molar-refractivity contribution in [2.45, 2.75) is 38.8 Å². The Balaban J connectivity index is 3.74. The van der Waals surface area contributed by atoms with Gasteiger partial charge in [-0.15, -0.1) is 6.58 Å². The van der Waals surface area contributed by atoms with Crippen LogP contribution in [0.2, 0.25) is 0 Å². The highest BCUT2D eigenvalue weighted by Gasteiger charge is 2.10. The van der Waals surface area contributed by atoms with Crippen molar-refractivity contribution in [1.29, 1.82) is 0 Å². The minimum Gasteiger partial charge on any atom is -0.382 e. The van der Waals surface area contributed by atoms with E-state index in [0.29, 0.717) is 12.1 Å². The van der Waals surface area contributed by atoms with Crippen molar-refractivity contribution in [2.75, 3.05) is 14.2 Å². The molecule has 2 atom stereocenters. The number of rotatable bonds is 6. The number of nitrogens with one attached hydrogen (secondary N) is 1. The predicted octanol–water partition coefficient (Wildman–Crippen LogP) is 1.97. The summed E-state index contributed by atoms with van der Waals surface area (Å²) in [5.41, 5.74) is 1.22. The first-order valence-electron chi connectivity index (χ1n) is 4.44. The van der Waals surface area contributed by atoms with Crippen molar-refractivity contribution in [3.05, 3.63) is 12.2 Å². The lowest BCUT2D eigenvalue weighted by molar-refractivity contribution is 0.101. The van der Waals surface area contributed by atoms with Crippen LogP contribution in [0.15, 0.2) is 12.2 Å². The van der Waals surface area contributed by atoms with Crippen molar-refractivity contribution >= 4 is 0 Å². The fourth-order valence-electron chi connectivity index (χ4n) is 1.22. The second kappa shape index (κ2) is 6.21. The molecule has 2 heteroatoms. The molecule has 0 saturated heterocycles. The molecule has 0 aliphatic rings. The monoisotopic (exact) mass is 171 g/mol. The molecule has 0 amide bonds. The van der Waals surface area contributed by atoms with E-state index < -0.39 is 0 Å². The number of ether oxygens (including phenoxy) is 1. The van der Waals surface area contributed by atoms with Crippen molar-refractivity contribution in [3.8, 4) is 0 Å². The summed E-state index contributed by atoms with van der Waals surface area (Å²) in [5, 5.41) is 3.26. The van der Waals surface area contributed by atoms with E-state index in [1.165, 1.54) is 5.57 Å². The van der Waals surface area contributed by atoms with Crippen molar-refractivity contribution in [3.63, 3.8) is 0 Å². The van der Waals surface area contributed by atoms with E-state index in [1.807, 2.05) is 7.05 Å². The number of hydrogen-bond donors (Lipinski definition) is 1. The first-order valence-corrected chi connectivity index (χ1v) is 4.44. The summed E-state index contributed by atoms with van der Waals surface area (Å²) in [4.78, 5) is 0. The zero-order valence-electron chi connectivity index (χ0n) is 8.68. The van der Waals surface area contributed by atoms with Gasteiger partial charge in [-0.25, -0.2) is 0 Å². The van der Waals surface area contributed by atoms with Crippen LogP contribution in [-0.2, 0) is 4.74 Å². The molecule has 0 aromatic rings. The van der Waals surface area contributed by atoms with Gasteiger partial charge >= 0.3 is 0 Å². The first-order chi connectivity index (χ1) is 5.60. The lowest BCUT2D eigenvalue weighted by Crippen LogP contribution is -2.29. The molecule has 0 aliphatic heterocycles. The van der Waals surface area contributed by atoms with Gasteiger partial charge in [-0.05, 0) is 33.7 Å². The summed E-state index contributed by atoms with van der Waals surface area (Å²) in [5.74, 6) is 0. The highest BCUT2D eigenvalue weighted by Crippen LogP contribution is 2.09. The van der Waals surface area contributed by atoms with Gasteiger partial charge in [0.1, 0.15) is 0 Å². The zero-order valence-corrected chi connectivity index (χ0v) is 8.68. The molecule has 0 bridgehead atoms. The average molecular weight is 171 g/mol. The SMILES string of the molecule is C=C(C)CC(CC(C)OC)NC. The summed E-state index contributed by atoms with van der Waals surface area (Å²) in [6.45, 7) is 8.04. The van der Waals surface area contributed by atoms with Gasteiger partial charge < -0.3 is 10.1 Å². The topological polar surface area (TPSA) is 21.3 Å². The van der Waals surface area contributed by atoms with E-state index in [9.17, 15) is 0 Å². The number of methoxy groups -OCH3 is 1. The van der Waals surface area contributed by atoms with Crippen LogP contribution in [0.3, 0.4) is 0 Å². The van der Waals surface area contributed by atoms with E-state index in [-0.39, 0.29) is 0 Å². The van der Waals surface area contributed by atoms with Crippen LogP contribution in [0.1, 0.15) is 26.7 Å². The molecule has 0 aromatic carbocycles. The van der Waals surface area contributed by atoms with Crippen LogP contribution in [0.25, 0.3) is 0 Å². The smallest absolute Gasteiger partial charge is 0.0558 e. The maximum absolute atomic E-state index is 5.19.